The van der Waals surface area contributed by atoms with Crippen LogP contribution in [0.1, 0.15) is 12.0 Å². The molecule has 3 nitrogen and oxygen atoms in total. The summed E-state index contributed by atoms with van der Waals surface area (Å²) in [4.78, 5) is 0. The number of halogens is 2. The molecule has 0 radical (unpaired) electrons. The van der Waals surface area contributed by atoms with Crippen molar-refractivity contribution in [3.8, 4) is 11.5 Å². The summed E-state index contributed by atoms with van der Waals surface area (Å²) < 4.78 is 19.5. The van der Waals surface area contributed by atoms with Gasteiger partial charge in [0.05, 0.1) is 0 Å². The number of hydrogen-bond acceptors (Lipinski definition) is 3. The van der Waals surface area contributed by atoms with Crippen LogP contribution in [0.4, 0.5) is 4.39 Å². The van der Waals surface area contributed by atoms with E-state index in [1.165, 1.54) is 6.07 Å². The van der Waals surface area contributed by atoms with Gasteiger partial charge in [-0.25, -0.2) is 4.39 Å². The molecule has 2 aromatic rings. The molecule has 0 saturated carbocycles. The van der Waals surface area contributed by atoms with E-state index in [-0.39, 0.29) is 11.6 Å². The fraction of sp³-hybridized carbons (Fsp3) is 0.250. The summed E-state index contributed by atoms with van der Waals surface area (Å²) in [5.41, 5.74) is 6.28. The van der Waals surface area contributed by atoms with Crippen molar-refractivity contribution < 1.29 is 9.13 Å². The molecule has 0 aliphatic carbocycles. The fourth-order valence-electron chi connectivity index (χ4n) is 1.83. The molecule has 0 heterocycles. The molecule has 0 aliphatic heterocycles. The average molecular weight is 309 g/mol. The number of nitrogens with one attached hydrogen (secondary N) is 1. The minimum Gasteiger partial charge on any atom is -0.454 e. The molecule has 2 rings (SSSR count). The van der Waals surface area contributed by atoms with Crippen LogP contribution in [0.3, 0.4) is 0 Å². The first-order valence-electron chi connectivity index (χ1n) is 6.81. The van der Waals surface area contributed by atoms with Crippen LogP contribution in [0.2, 0.25) is 5.02 Å². The average Bonchev–Trinajstić information content (AvgIpc) is 2.48. The summed E-state index contributed by atoms with van der Waals surface area (Å²) in [5, 5.41) is 3.82. The lowest BCUT2D eigenvalue weighted by Crippen LogP contribution is -2.17. The van der Waals surface area contributed by atoms with Gasteiger partial charge >= 0.3 is 0 Å². The standard InChI is InChI=1S/C16H18ClFN2O/c17-13-3-5-14(6-4-13)21-16-7-2-12(10-15(16)18)11-20-9-1-8-19/h2-7,10,20H,1,8-9,11,19H2. The molecule has 0 saturated heterocycles. The van der Waals surface area contributed by atoms with Crippen LogP contribution >= 0.6 is 11.6 Å². The van der Waals surface area contributed by atoms with Crippen molar-refractivity contribution in [2.75, 3.05) is 13.1 Å². The minimum absolute atomic E-state index is 0.197. The molecular weight excluding hydrogens is 291 g/mol. The van der Waals surface area contributed by atoms with Crippen LogP contribution < -0.4 is 15.8 Å². The first-order valence-corrected chi connectivity index (χ1v) is 7.19. The summed E-state index contributed by atoms with van der Waals surface area (Å²) in [6.07, 6.45) is 0.903. The molecule has 3 N–H and O–H groups in total. The minimum atomic E-state index is -0.386. The van der Waals surface area contributed by atoms with Crippen molar-refractivity contribution in [3.05, 3.63) is 58.9 Å². The Balaban J connectivity index is 1.97. The van der Waals surface area contributed by atoms with Crippen molar-refractivity contribution in [1.29, 1.82) is 0 Å². The third kappa shape index (κ3) is 5.01. The van der Waals surface area contributed by atoms with Gasteiger partial charge in [0.1, 0.15) is 5.75 Å². The van der Waals surface area contributed by atoms with Crippen LogP contribution in [-0.4, -0.2) is 13.1 Å². The van der Waals surface area contributed by atoms with Gasteiger partial charge in [-0.3, -0.25) is 0 Å². The van der Waals surface area contributed by atoms with E-state index in [0.717, 1.165) is 18.5 Å². The summed E-state index contributed by atoms with van der Waals surface area (Å²) in [6, 6.07) is 11.7. The highest BCUT2D eigenvalue weighted by atomic mass is 35.5. The van der Waals surface area contributed by atoms with Crippen LogP contribution in [0.25, 0.3) is 0 Å². The Morgan fingerprint density at radius 1 is 1.14 bits per heavy atom. The Kier molecular flexibility index (Phi) is 5.99. The van der Waals surface area contributed by atoms with Gasteiger partial charge in [0.15, 0.2) is 11.6 Å². The van der Waals surface area contributed by atoms with Gasteiger partial charge < -0.3 is 15.8 Å². The summed E-state index contributed by atoms with van der Waals surface area (Å²) >= 11 is 5.79. The second kappa shape index (κ2) is 7.98. The SMILES string of the molecule is NCCCNCc1ccc(Oc2ccc(Cl)cc2)c(F)c1. The first-order chi connectivity index (χ1) is 10.2. The van der Waals surface area contributed by atoms with E-state index in [1.54, 1.807) is 30.3 Å². The van der Waals surface area contributed by atoms with Gasteiger partial charge in [0.25, 0.3) is 0 Å². The van der Waals surface area contributed by atoms with Gasteiger partial charge in [0, 0.05) is 11.6 Å². The number of hydrogen-bond donors (Lipinski definition) is 2. The maximum atomic E-state index is 14.0. The monoisotopic (exact) mass is 308 g/mol. The Morgan fingerprint density at radius 3 is 2.57 bits per heavy atom. The fourth-order valence-corrected chi connectivity index (χ4v) is 1.95. The summed E-state index contributed by atoms with van der Waals surface area (Å²) in [7, 11) is 0. The third-order valence-corrected chi connectivity index (χ3v) is 3.18. The van der Waals surface area contributed by atoms with Crippen molar-refractivity contribution in [2.45, 2.75) is 13.0 Å². The molecule has 112 valence electrons. The highest BCUT2D eigenvalue weighted by Crippen LogP contribution is 2.26. The number of benzene rings is 2. The highest BCUT2D eigenvalue weighted by molar-refractivity contribution is 6.30. The zero-order chi connectivity index (χ0) is 15.1. The summed E-state index contributed by atoms with van der Waals surface area (Å²) in [5.74, 6) is 0.359. The predicted molar refractivity (Wildman–Crippen MR) is 83.3 cm³/mol. The molecule has 0 spiro atoms. The summed E-state index contributed by atoms with van der Waals surface area (Å²) in [6.45, 7) is 2.08. The van der Waals surface area contributed by atoms with Gasteiger partial charge in [-0.05, 0) is 61.5 Å². The zero-order valence-electron chi connectivity index (χ0n) is 11.6. The first kappa shape index (κ1) is 15.8. The van der Waals surface area contributed by atoms with E-state index >= 15 is 0 Å². The van der Waals surface area contributed by atoms with E-state index in [9.17, 15) is 4.39 Å². The third-order valence-electron chi connectivity index (χ3n) is 2.92. The maximum Gasteiger partial charge on any atom is 0.166 e. The Bertz CT molecular complexity index is 575. The molecule has 0 aliphatic rings. The van der Waals surface area contributed by atoms with Crippen molar-refractivity contribution in [2.24, 2.45) is 5.73 Å². The molecular formula is C16H18ClFN2O. The smallest absolute Gasteiger partial charge is 0.166 e. The van der Waals surface area contributed by atoms with Gasteiger partial charge in [-0.2, -0.15) is 0 Å². The molecule has 0 aromatic heterocycles. The van der Waals surface area contributed by atoms with Crippen molar-refractivity contribution in [1.82, 2.24) is 5.32 Å². The van der Waals surface area contributed by atoms with E-state index in [4.69, 9.17) is 22.1 Å². The van der Waals surface area contributed by atoms with Crippen LogP contribution in [0.5, 0.6) is 11.5 Å². The second-order valence-corrected chi connectivity index (χ2v) is 5.08. The molecule has 2 aromatic carbocycles. The normalized spacial score (nSPS) is 10.6. The van der Waals surface area contributed by atoms with E-state index in [1.807, 2.05) is 6.07 Å². The predicted octanol–water partition coefficient (Wildman–Crippen LogP) is 3.71. The Hall–Kier alpha value is -1.62. The van der Waals surface area contributed by atoms with E-state index in [0.29, 0.717) is 23.9 Å². The highest BCUT2D eigenvalue weighted by Gasteiger charge is 2.06. The Morgan fingerprint density at radius 2 is 1.90 bits per heavy atom. The van der Waals surface area contributed by atoms with Crippen LogP contribution in [-0.2, 0) is 6.54 Å². The molecule has 0 atom stereocenters. The van der Waals surface area contributed by atoms with Crippen LogP contribution in [0.15, 0.2) is 42.5 Å². The topological polar surface area (TPSA) is 47.3 Å². The van der Waals surface area contributed by atoms with E-state index < -0.39 is 0 Å². The zero-order valence-corrected chi connectivity index (χ0v) is 12.4. The molecule has 0 bridgehead atoms. The molecule has 5 heteroatoms. The lowest BCUT2D eigenvalue weighted by Gasteiger charge is -2.09. The number of ether oxygens (including phenoxy) is 1. The lowest BCUT2D eigenvalue weighted by molar-refractivity contribution is 0.441. The molecule has 0 amide bonds. The second-order valence-electron chi connectivity index (χ2n) is 4.64. The maximum absolute atomic E-state index is 14.0. The van der Waals surface area contributed by atoms with Crippen molar-refractivity contribution in [3.63, 3.8) is 0 Å². The lowest BCUT2D eigenvalue weighted by atomic mass is 10.2. The van der Waals surface area contributed by atoms with Gasteiger partial charge in [0.2, 0.25) is 0 Å². The Labute approximate surface area is 128 Å². The quantitative estimate of drug-likeness (QED) is 0.767. The molecule has 0 fully saturated rings. The van der Waals surface area contributed by atoms with Crippen molar-refractivity contribution >= 4 is 11.6 Å². The largest absolute Gasteiger partial charge is 0.454 e. The number of nitrogens with two attached hydrogens (primary N) is 1. The van der Waals surface area contributed by atoms with E-state index in [2.05, 4.69) is 5.32 Å². The molecule has 21 heavy (non-hydrogen) atoms. The number of rotatable bonds is 7. The van der Waals surface area contributed by atoms with Gasteiger partial charge in [-0.1, -0.05) is 17.7 Å². The molecule has 0 unspecified atom stereocenters. The van der Waals surface area contributed by atoms with Crippen LogP contribution in [0, 0.1) is 5.82 Å². The van der Waals surface area contributed by atoms with Gasteiger partial charge in [-0.15, -0.1) is 0 Å².